The first-order valence-corrected chi connectivity index (χ1v) is 14.0. The molecule has 1 N–H and O–H groups in total. The molecule has 1 aliphatic rings. The van der Waals surface area contributed by atoms with Crippen molar-refractivity contribution in [2.45, 2.75) is 50.2 Å². The summed E-state index contributed by atoms with van der Waals surface area (Å²) >= 11 is 0. The van der Waals surface area contributed by atoms with Crippen LogP contribution in [0.3, 0.4) is 0 Å². The van der Waals surface area contributed by atoms with E-state index in [0.717, 1.165) is 15.4 Å². The Labute approximate surface area is 223 Å². The molecule has 0 radical (unpaired) electrons. The molecule has 3 aromatic carbocycles. The summed E-state index contributed by atoms with van der Waals surface area (Å²) in [6.45, 7) is 3.54. The number of hydrogen-bond acceptors (Lipinski definition) is 5. The molecule has 0 aliphatic carbocycles. The molecule has 3 amide bonds. The van der Waals surface area contributed by atoms with Gasteiger partial charge >= 0.3 is 0 Å². The molecule has 38 heavy (non-hydrogen) atoms. The lowest BCUT2D eigenvalue weighted by Crippen LogP contribution is -2.52. The van der Waals surface area contributed by atoms with Crippen LogP contribution in [0, 0.1) is 0 Å². The zero-order valence-corrected chi connectivity index (χ0v) is 22.2. The number of rotatable bonds is 10. The fourth-order valence-electron chi connectivity index (χ4n) is 4.51. The molecule has 0 unspecified atom stereocenters. The van der Waals surface area contributed by atoms with Gasteiger partial charge in [-0.15, -0.1) is 0 Å². The van der Waals surface area contributed by atoms with Crippen LogP contribution in [-0.2, 0) is 32.6 Å². The third-order valence-electron chi connectivity index (χ3n) is 6.34. The number of benzene rings is 3. The summed E-state index contributed by atoms with van der Waals surface area (Å²) in [5.74, 6) is -1.38. The molecule has 9 heteroatoms. The fourth-order valence-corrected chi connectivity index (χ4v) is 6.08. The normalized spacial score (nSPS) is 14.7. The quantitative estimate of drug-likeness (QED) is 0.430. The monoisotopic (exact) mass is 533 g/mol. The van der Waals surface area contributed by atoms with Crippen molar-refractivity contribution in [1.82, 2.24) is 14.5 Å². The smallest absolute Gasteiger partial charge is 0.269 e. The molecule has 198 valence electrons. The van der Waals surface area contributed by atoms with Gasteiger partial charge in [-0.3, -0.25) is 14.4 Å². The van der Waals surface area contributed by atoms with E-state index < -0.39 is 27.9 Å². The highest BCUT2D eigenvalue weighted by Gasteiger charge is 2.41. The van der Waals surface area contributed by atoms with Crippen LogP contribution in [0.25, 0.3) is 0 Å². The standard InChI is InChI=1S/C29H31N3O5S/c1-21(2)30-28(34)25(19-22-11-5-3-6-12-22)31(20-23-13-7-4-8-14-23)27(33)17-18-32-29(35)24-15-9-10-16-26(24)38(32,36)37/h3-16,21,25H,17-20H2,1-2H3,(H,30,34)/t25-/m1/s1. The highest BCUT2D eigenvalue weighted by atomic mass is 32.2. The molecule has 0 aromatic heterocycles. The first-order valence-electron chi connectivity index (χ1n) is 12.5. The minimum Gasteiger partial charge on any atom is -0.352 e. The number of nitrogens with one attached hydrogen (secondary N) is 1. The maximum absolute atomic E-state index is 13.7. The van der Waals surface area contributed by atoms with Crippen molar-refractivity contribution in [1.29, 1.82) is 0 Å². The number of sulfonamides is 1. The van der Waals surface area contributed by atoms with Gasteiger partial charge in [0.2, 0.25) is 11.8 Å². The van der Waals surface area contributed by atoms with E-state index in [4.69, 9.17) is 0 Å². The molecule has 0 fully saturated rings. The molecule has 1 atom stereocenters. The molecular weight excluding hydrogens is 502 g/mol. The van der Waals surface area contributed by atoms with E-state index in [1.807, 2.05) is 74.5 Å². The summed E-state index contributed by atoms with van der Waals surface area (Å²) in [5.41, 5.74) is 1.81. The van der Waals surface area contributed by atoms with E-state index in [-0.39, 0.29) is 48.3 Å². The van der Waals surface area contributed by atoms with Crippen LogP contribution in [0.2, 0.25) is 0 Å². The van der Waals surface area contributed by atoms with Crippen molar-refractivity contribution in [2.24, 2.45) is 0 Å². The van der Waals surface area contributed by atoms with Gasteiger partial charge in [-0.25, -0.2) is 12.7 Å². The molecule has 0 saturated heterocycles. The molecular formula is C29H31N3O5S. The maximum Gasteiger partial charge on any atom is 0.269 e. The lowest BCUT2D eigenvalue weighted by molar-refractivity contribution is -0.141. The summed E-state index contributed by atoms with van der Waals surface area (Å²) < 4.78 is 26.7. The van der Waals surface area contributed by atoms with Gasteiger partial charge in [-0.1, -0.05) is 72.8 Å². The van der Waals surface area contributed by atoms with E-state index >= 15 is 0 Å². The third-order valence-corrected chi connectivity index (χ3v) is 8.18. The molecule has 0 spiro atoms. The van der Waals surface area contributed by atoms with Crippen molar-refractivity contribution in [3.8, 4) is 0 Å². The Morgan fingerprint density at radius 2 is 1.45 bits per heavy atom. The Hall–Kier alpha value is -3.98. The molecule has 0 bridgehead atoms. The van der Waals surface area contributed by atoms with Crippen LogP contribution in [-0.4, -0.2) is 54.0 Å². The van der Waals surface area contributed by atoms with E-state index in [2.05, 4.69) is 5.32 Å². The van der Waals surface area contributed by atoms with Gasteiger partial charge in [0.05, 0.1) is 5.56 Å². The van der Waals surface area contributed by atoms with Crippen molar-refractivity contribution in [3.63, 3.8) is 0 Å². The minimum atomic E-state index is -4.04. The number of nitrogens with zero attached hydrogens (tertiary/aromatic N) is 2. The van der Waals surface area contributed by atoms with Crippen molar-refractivity contribution < 1.29 is 22.8 Å². The summed E-state index contributed by atoms with van der Waals surface area (Å²) in [6.07, 6.45) is 0.0242. The number of carbonyl (C=O) groups excluding carboxylic acids is 3. The molecule has 8 nitrogen and oxygen atoms in total. The van der Waals surface area contributed by atoms with E-state index in [1.165, 1.54) is 17.0 Å². The summed E-state index contributed by atoms with van der Waals surface area (Å²) in [7, 11) is -4.04. The van der Waals surface area contributed by atoms with Crippen LogP contribution < -0.4 is 5.32 Å². The Balaban J connectivity index is 1.62. The number of carbonyl (C=O) groups is 3. The van der Waals surface area contributed by atoms with E-state index in [9.17, 15) is 22.8 Å². The fraction of sp³-hybridized carbons (Fsp3) is 0.276. The van der Waals surface area contributed by atoms with Crippen molar-refractivity contribution in [2.75, 3.05) is 6.54 Å². The zero-order valence-electron chi connectivity index (χ0n) is 21.4. The molecule has 4 rings (SSSR count). The predicted molar refractivity (Wildman–Crippen MR) is 143 cm³/mol. The van der Waals surface area contributed by atoms with Crippen molar-refractivity contribution >= 4 is 27.7 Å². The van der Waals surface area contributed by atoms with Crippen LogP contribution in [0.5, 0.6) is 0 Å². The van der Waals surface area contributed by atoms with Gasteiger partial charge in [-0.2, -0.15) is 0 Å². The Bertz CT molecular complexity index is 1410. The van der Waals surface area contributed by atoms with Crippen LogP contribution in [0.15, 0.2) is 89.8 Å². The van der Waals surface area contributed by atoms with Crippen LogP contribution >= 0.6 is 0 Å². The highest BCUT2D eigenvalue weighted by molar-refractivity contribution is 7.90. The van der Waals surface area contributed by atoms with Gasteiger partial charge in [-0.05, 0) is 37.1 Å². The largest absolute Gasteiger partial charge is 0.352 e. The first kappa shape index (κ1) is 27.1. The van der Waals surface area contributed by atoms with Gasteiger partial charge < -0.3 is 10.2 Å². The summed E-state index contributed by atoms with van der Waals surface area (Å²) in [4.78, 5) is 41.4. The average molecular weight is 534 g/mol. The Morgan fingerprint density at radius 3 is 2.05 bits per heavy atom. The molecule has 1 aliphatic heterocycles. The minimum absolute atomic E-state index is 0.0585. The summed E-state index contributed by atoms with van der Waals surface area (Å²) in [6, 6.07) is 23.8. The van der Waals surface area contributed by atoms with Crippen LogP contribution in [0.1, 0.15) is 41.8 Å². The lowest BCUT2D eigenvalue weighted by Gasteiger charge is -2.32. The van der Waals surface area contributed by atoms with Gasteiger partial charge in [0, 0.05) is 32.0 Å². The molecule has 0 saturated carbocycles. The Kier molecular flexibility index (Phi) is 8.26. The second-order valence-corrected chi connectivity index (χ2v) is 11.3. The third kappa shape index (κ3) is 5.94. The highest BCUT2D eigenvalue weighted by Crippen LogP contribution is 2.30. The van der Waals surface area contributed by atoms with Gasteiger partial charge in [0.15, 0.2) is 0 Å². The predicted octanol–water partition coefficient (Wildman–Crippen LogP) is 3.39. The molecule has 1 heterocycles. The van der Waals surface area contributed by atoms with E-state index in [1.54, 1.807) is 12.1 Å². The topological polar surface area (TPSA) is 104 Å². The van der Waals surface area contributed by atoms with Gasteiger partial charge in [0.25, 0.3) is 15.9 Å². The first-order chi connectivity index (χ1) is 18.2. The summed E-state index contributed by atoms with van der Waals surface area (Å²) in [5, 5.41) is 2.92. The Morgan fingerprint density at radius 1 is 0.868 bits per heavy atom. The number of hydrogen-bond donors (Lipinski definition) is 1. The molecule has 3 aromatic rings. The second kappa shape index (κ2) is 11.6. The number of amides is 3. The van der Waals surface area contributed by atoms with Crippen molar-refractivity contribution in [3.05, 3.63) is 102 Å². The van der Waals surface area contributed by atoms with E-state index in [0.29, 0.717) is 0 Å². The average Bonchev–Trinajstić information content (AvgIpc) is 3.10. The maximum atomic E-state index is 13.7. The zero-order chi connectivity index (χ0) is 27.3. The second-order valence-electron chi connectivity index (χ2n) is 9.50. The van der Waals surface area contributed by atoms with Gasteiger partial charge in [0.1, 0.15) is 10.9 Å². The van der Waals surface area contributed by atoms with Crippen LogP contribution in [0.4, 0.5) is 0 Å². The number of fused-ring (bicyclic) bond motifs is 1. The SMILES string of the molecule is CC(C)NC(=O)[C@@H](Cc1ccccc1)N(Cc1ccccc1)C(=O)CCN1C(=O)c2ccccc2S1(=O)=O. The lowest BCUT2D eigenvalue weighted by atomic mass is 10.0.